The van der Waals surface area contributed by atoms with Crippen molar-refractivity contribution in [2.45, 2.75) is 32.7 Å². The first-order valence-electron chi connectivity index (χ1n) is 7.82. The van der Waals surface area contributed by atoms with E-state index in [0.717, 1.165) is 30.6 Å². The summed E-state index contributed by atoms with van der Waals surface area (Å²) in [5, 5.41) is 3.11. The van der Waals surface area contributed by atoms with Crippen molar-refractivity contribution in [2.24, 2.45) is 5.92 Å². The number of aryl methyl sites for hydroxylation is 1. The van der Waals surface area contributed by atoms with Gasteiger partial charge in [0.1, 0.15) is 0 Å². The smallest absolute Gasteiger partial charge is 0.252 e. The van der Waals surface area contributed by atoms with Gasteiger partial charge >= 0.3 is 0 Å². The van der Waals surface area contributed by atoms with Gasteiger partial charge in [-0.15, -0.1) is 0 Å². The van der Waals surface area contributed by atoms with Gasteiger partial charge in [0.15, 0.2) is 0 Å². The Morgan fingerprint density at radius 3 is 2.86 bits per heavy atom. The number of hydrogen-bond donors (Lipinski definition) is 1. The van der Waals surface area contributed by atoms with Gasteiger partial charge in [0.05, 0.1) is 12.9 Å². The quantitative estimate of drug-likeness (QED) is 0.787. The predicted molar refractivity (Wildman–Crippen MR) is 87.7 cm³/mol. The molecule has 120 valence electrons. The second kappa shape index (κ2) is 7.99. The van der Waals surface area contributed by atoms with Crippen molar-refractivity contribution in [1.29, 1.82) is 0 Å². The first kappa shape index (κ1) is 16.6. The molecule has 0 atom stereocenters. The molecule has 1 saturated carbocycles. The minimum absolute atomic E-state index is 0.0132. The molecule has 0 spiro atoms. The molecule has 0 radical (unpaired) electrons. The van der Waals surface area contributed by atoms with Gasteiger partial charge in [0.2, 0.25) is 0 Å². The molecule has 1 aromatic carbocycles. The molecule has 0 aliphatic heterocycles. The number of amides is 1. The minimum atomic E-state index is -0.0132. The van der Waals surface area contributed by atoms with Crippen molar-refractivity contribution in [3.8, 4) is 0 Å². The zero-order valence-corrected chi connectivity index (χ0v) is 13.6. The van der Waals surface area contributed by atoms with Crippen molar-refractivity contribution in [3.63, 3.8) is 0 Å². The van der Waals surface area contributed by atoms with Crippen molar-refractivity contribution in [3.05, 3.63) is 41.2 Å². The zero-order chi connectivity index (χ0) is 15.9. The van der Waals surface area contributed by atoms with Crippen LogP contribution in [0.2, 0.25) is 0 Å². The molecule has 0 unspecified atom stereocenters. The highest BCUT2D eigenvalue weighted by Crippen LogP contribution is 2.28. The SMILES string of the molecule is CCO/C=C/c1ccc(C)cc1C(=O)NC1CC(COC)C1. The lowest BCUT2D eigenvalue weighted by Crippen LogP contribution is -2.45. The first-order valence-corrected chi connectivity index (χ1v) is 7.82. The zero-order valence-electron chi connectivity index (χ0n) is 13.6. The molecule has 0 aromatic heterocycles. The van der Waals surface area contributed by atoms with E-state index in [-0.39, 0.29) is 11.9 Å². The standard InChI is InChI=1S/C18H25NO3/c1-4-22-8-7-15-6-5-13(2)9-17(15)18(20)19-16-10-14(11-16)12-21-3/h5-9,14,16H,4,10-12H2,1-3H3,(H,19,20)/b8-7+. The van der Waals surface area contributed by atoms with Crippen LogP contribution in [0.1, 0.15) is 41.3 Å². The maximum Gasteiger partial charge on any atom is 0.252 e. The molecule has 1 N–H and O–H groups in total. The van der Waals surface area contributed by atoms with E-state index in [2.05, 4.69) is 5.32 Å². The Morgan fingerprint density at radius 1 is 1.41 bits per heavy atom. The molecule has 0 heterocycles. The summed E-state index contributed by atoms with van der Waals surface area (Å²) in [6.07, 6.45) is 5.47. The third-order valence-corrected chi connectivity index (χ3v) is 3.94. The normalized spacial score (nSPS) is 20.7. The summed E-state index contributed by atoms with van der Waals surface area (Å²) in [4.78, 5) is 12.5. The molecule has 1 fully saturated rings. The van der Waals surface area contributed by atoms with E-state index in [0.29, 0.717) is 18.1 Å². The number of nitrogens with one attached hydrogen (secondary N) is 1. The highest BCUT2D eigenvalue weighted by molar-refractivity contribution is 5.98. The van der Waals surface area contributed by atoms with Crippen LogP contribution in [0.25, 0.3) is 6.08 Å². The topological polar surface area (TPSA) is 47.6 Å². The second-order valence-electron chi connectivity index (χ2n) is 5.81. The molecule has 1 amide bonds. The Balaban J connectivity index is 2.01. The highest BCUT2D eigenvalue weighted by Gasteiger charge is 2.30. The van der Waals surface area contributed by atoms with Crippen molar-refractivity contribution >= 4 is 12.0 Å². The molecule has 1 aliphatic carbocycles. The van der Waals surface area contributed by atoms with E-state index in [4.69, 9.17) is 9.47 Å². The molecular formula is C18H25NO3. The third kappa shape index (κ3) is 4.34. The van der Waals surface area contributed by atoms with E-state index >= 15 is 0 Å². The lowest BCUT2D eigenvalue weighted by atomic mass is 9.80. The Morgan fingerprint density at radius 2 is 2.18 bits per heavy atom. The van der Waals surface area contributed by atoms with E-state index in [1.165, 1.54) is 0 Å². The maximum atomic E-state index is 12.5. The lowest BCUT2D eigenvalue weighted by Gasteiger charge is -2.35. The van der Waals surface area contributed by atoms with Crippen LogP contribution in [0.3, 0.4) is 0 Å². The molecular weight excluding hydrogens is 278 g/mol. The summed E-state index contributed by atoms with van der Waals surface area (Å²) in [7, 11) is 1.72. The maximum absolute atomic E-state index is 12.5. The van der Waals surface area contributed by atoms with Crippen LogP contribution in [0.4, 0.5) is 0 Å². The number of benzene rings is 1. The molecule has 4 heteroatoms. The minimum Gasteiger partial charge on any atom is -0.501 e. The monoisotopic (exact) mass is 303 g/mol. The van der Waals surface area contributed by atoms with Crippen LogP contribution in [0, 0.1) is 12.8 Å². The van der Waals surface area contributed by atoms with Gasteiger partial charge in [0, 0.05) is 25.3 Å². The van der Waals surface area contributed by atoms with Crippen molar-refractivity contribution in [2.75, 3.05) is 20.3 Å². The average molecular weight is 303 g/mol. The summed E-state index contributed by atoms with van der Waals surface area (Å²) in [5.41, 5.74) is 2.65. The van der Waals surface area contributed by atoms with E-state index in [9.17, 15) is 4.79 Å². The van der Waals surface area contributed by atoms with Crippen molar-refractivity contribution in [1.82, 2.24) is 5.32 Å². The number of carbonyl (C=O) groups is 1. The van der Waals surface area contributed by atoms with Crippen LogP contribution in [-0.2, 0) is 9.47 Å². The lowest BCUT2D eigenvalue weighted by molar-refractivity contribution is 0.0737. The Bertz CT molecular complexity index is 533. The molecule has 1 aromatic rings. The van der Waals surface area contributed by atoms with E-state index in [1.807, 2.05) is 38.1 Å². The van der Waals surface area contributed by atoms with Crippen LogP contribution in [0.15, 0.2) is 24.5 Å². The van der Waals surface area contributed by atoms with E-state index < -0.39 is 0 Å². The highest BCUT2D eigenvalue weighted by atomic mass is 16.5. The first-order chi connectivity index (χ1) is 10.6. The van der Waals surface area contributed by atoms with Gasteiger partial charge in [-0.2, -0.15) is 0 Å². The molecule has 22 heavy (non-hydrogen) atoms. The molecule has 2 rings (SSSR count). The number of methoxy groups -OCH3 is 1. The van der Waals surface area contributed by atoms with Crippen LogP contribution < -0.4 is 5.32 Å². The Labute approximate surface area is 132 Å². The molecule has 0 saturated heterocycles. The number of rotatable bonds is 7. The summed E-state index contributed by atoms with van der Waals surface area (Å²) >= 11 is 0. The summed E-state index contributed by atoms with van der Waals surface area (Å²) in [6.45, 7) is 5.32. The Hall–Kier alpha value is -1.81. The van der Waals surface area contributed by atoms with Gasteiger partial charge < -0.3 is 14.8 Å². The number of ether oxygens (including phenoxy) is 2. The van der Waals surface area contributed by atoms with Crippen molar-refractivity contribution < 1.29 is 14.3 Å². The summed E-state index contributed by atoms with van der Waals surface area (Å²) in [6, 6.07) is 6.14. The molecule has 4 nitrogen and oxygen atoms in total. The fourth-order valence-electron chi connectivity index (χ4n) is 2.72. The number of hydrogen-bond acceptors (Lipinski definition) is 3. The third-order valence-electron chi connectivity index (χ3n) is 3.94. The second-order valence-corrected chi connectivity index (χ2v) is 5.81. The van der Waals surface area contributed by atoms with Crippen LogP contribution >= 0.6 is 0 Å². The van der Waals surface area contributed by atoms with E-state index in [1.54, 1.807) is 13.4 Å². The Kier molecular flexibility index (Phi) is 6.01. The molecule has 1 aliphatic rings. The summed E-state index contributed by atoms with van der Waals surface area (Å²) < 4.78 is 10.4. The van der Waals surface area contributed by atoms with Crippen LogP contribution in [0.5, 0.6) is 0 Å². The van der Waals surface area contributed by atoms with Gasteiger partial charge in [-0.05, 0) is 50.3 Å². The van der Waals surface area contributed by atoms with Crippen LogP contribution in [-0.4, -0.2) is 32.3 Å². The average Bonchev–Trinajstić information content (AvgIpc) is 2.46. The number of carbonyl (C=O) groups excluding carboxylic acids is 1. The van der Waals surface area contributed by atoms with Gasteiger partial charge in [0.25, 0.3) is 5.91 Å². The fraction of sp³-hybridized carbons (Fsp3) is 0.500. The predicted octanol–water partition coefficient (Wildman–Crippen LogP) is 3.16. The van der Waals surface area contributed by atoms with Gasteiger partial charge in [-0.1, -0.05) is 17.7 Å². The fourth-order valence-corrected chi connectivity index (χ4v) is 2.72. The van der Waals surface area contributed by atoms with Gasteiger partial charge in [-0.3, -0.25) is 4.79 Å². The van der Waals surface area contributed by atoms with Gasteiger partial charge in [-0.25, -0.2) is 0 Å². The summed E-state index contributed by atoms with van der Waals surface area (Å²) in [5.74, 6) is 0.561. The molecule has 0 bridgehead atoms. The largest absolute Gasteiger partial charge is 0.501 e.